The number of nitrogens with zero attached hydrogens (tertiary/aromatic N) is 2. The second-order valence-corrected chi connectivity index (χ2v) is 7.83. The van der Waals surface area contributed by atoms with Crippen molar-refractivity contribution >= 4 is 36.2 Å². The molecule has 2 aromatic rings. The van der Waals surface area contributed by atoms with Crippen molar-refractivity contribution < 1.29 is 24.3 Å². The summed E-state index contributed by atoms with van der Waals surface area (Å²) in [5, 5.41) is 27.3. The van der Waals surface area contributed by atoms with Crippen molar-refractivity contribution in [3.63, 3.8) is 0 Å². The van der Waals surface area contributed by atoms with Gasteiger partial charge in [-0.2, -0.15) is 0 Å². The van der Waals surface area contributed by atoms with Gasteiger partial charge in [0.05, 0.1) is 11.8 Å². The van der Waals surface area contributed by atoms with Crippen LogP contribution in [0.1, 0.15) is 35.7 Å². The summed E-state index contributed by atoms with van der Waals surface area (Å²) >= 11 is 2.75. The maximum atomic E-state index is 11.7. The monoisotopic (exact) mass is 380 g/mol. The van der Waals surface area contributed by atoms with Gasteiger partial charge < -0.3 is 19.5 Å². The number of ether oxygens (including phenoxy) is 1. The first-order valence-electron chi connectivity index (χ1n) is 7.89. The molecule has 0 saturated carbocycles. The van der Waals surface area contributed by atoms with Gasteiger partial charge in [0.15, 0.2) is 4.34 Å². The van der Waals surface area contributed by atoms with Gasteiger partial charge in [0.2, 0.25) is 0 Å². The van der Waals surface area contributed by atoms with Crippen LogP contribution >= 0.6 is 23.1 Å². The summed E-state index contributed by atoms with van der Waals surface area (Å²) in [7, 11) is -1.13. The fraction of sp³-hybridized carbons (Fsp3) is 0.400. The summed E-state index contributed by atoms with van der Waals surface area (Å²) in [5.74, 6) is -0.684. The van der Waals surface area contributed by atoms with E-state index in [1.54, 1.807) is 17.6 Å². The van der Waals surface area contributed by atoms with Gasteiger partial charge in [0, 0.05) is 0 Å². The minimum Gasteiger partial charge on any atom is -0.534 e. The van der Waals surface area contributed by atoms with Gasteiger partial charge in [-0.15, -0.1) is 10.2 Å². The van der Waals surface area contributed by atoms with Crippen molar-refractivity contribution in [2.24, 2.45) is 0 Å². The Labute approximate surface area is 153 Å². The molecule has 1 aliphatic rings. The van der Waals surface area contributed by atoms with E-state index in [0.29, 0.717) is 13.0 Å². The summed E-state index contributed by atoms with van der Waals surface area (Å²) in [5.41, 5.74) is 2.31. The van der Waals surface area contributed by atoms with Crippen molar-refractivity contribution in [3.8, 4) is 11.5 Å². The zero-order chi connectivity index (χ0) is 17.8. The number of carbonyl (C=O) groups is 1. The molecule has 0 fully saturated rings. The van der Waals surface area contributed by atoms with Crippen LogP contribution in [0.2, 0.25) is 0 Å². The van der Waals surface area contributed by atoms with Crippen LogP contribution < -0.4 is 9.39 Å². The number of thioether (sulfide) groups is 1. The normalized spacial score (nSPS) is 16.2. The van der Waals surface area contributed by atoms with Crippen LogP contribution in [0.4, 0.5) is 0 Å². The molecule has 7 nitrogen and oxygen atoms in total. The minimum absolute atomic E-state index is 0.0352. The number of rotatable bonds is 7. The Morgan fingerprint density at radius 3 is 3.08 bits per heavy atom. The number of fused-ring (bicyclic) bond motifs is 1. The number of hydrogen-bond acceptors (Lipinski definition) is 8. The number of aromatic carboxylic acids is 1. The smallest absolute Gasteiger partial charge is 0.534 e. The molecule has 10 heteroatoms. The highest BCUT2D eigenvalue weighted by atomic mass is 32.2. The first-order valence-corrected chi connectivity index (χ1v) is 9.65. The molecule has 1 aromatic carbocycles. The summed E-state index contributed by atoms with van der Waals surface area (Å²) in [4.78, 5) is 11.7. The third-order valence-electron chi connectivity index (χ3n) is 3.74. The maximum absolute atomic E-state index is 11.7. The predicted molar refractivity (Wildman–Crippen MR) is 95.7 cm³/mol. The molecule has 1 aliphatic heterocycles. The van der Waals surface area contributed by atoms with Gasteiger partial charge in [-0.1, -0.05) is 42.5 Å². The molecule has 0 amide bonds. The fourth-order valence-electron chi connectivity index (χ4n) is 2.51. The number of unbranched alkanes of at least 4 members (excludes halogenated alkanes) is 1. The molecule has 25 heavy (non-hydrogen) atoms. The number of carboxylic acids is 1. The molecule has 0 bridgehead atoms. The quantitative estimate of drug-likeness (QED) is 0.558. The van der Waals surface area contributed by atoms with Crippen LogP contribution in [-0.2, 0) is 6.42 Å². The Morgan fingerprint density at radius 1 is 1.56 bits per heavy atom. The molecule has 3 rings (SSSR count). The van der Waals surface area contributed by atoms with Gasteiger partial charge in [-0.05, 0) is 24.5 Å². The van der Waals surface area contributed by atoms with E-state index < -0.39 is 13.1 Å². The summed E-state index contributed by atoms with van der Waals surface area (Å²) in [6.45, 7) is 2.47. The lowest BCUT2D eigenvalue weighted by molar-refractivity contribution is 0.0689. The van der Waals surface area contributed by atoms with Crippen molar-refractivity contribution in [1.82, 2.24) is 10.2 Å². The SMILES string of the molecule is CCCCOc1ccc2c(c1C(=O)O)OB(O)[C@@H](Sc1nncs1)C2. The third kappa shape index (κ3) is 4.08. The summed E-state index contributed by atoms with van der Waals surface area (Å²) in [6, 6.07) is 3.45. The molecular weight excluding hydrogens is 363 g/mol. The first-order chi connectivity index (χ1) is 12.1. The average molecular weight is 380 g/mol. The van der Waals surface area contributed by atoms with Crippen LogP contribution in [0.15, 0.2) is 22.0 Å². The number of carboxylic acid groups (broad SMARTS) is 1. The highest BCUT2D eigenvalue weighted by molar-refractivity contribution is 8.02. The van der Waals surface area contributed by atoms with E-state index in [2.05, 4.69) is 10.2 Å². The lowest BCUT2D eigenvalue weighted by atomic mass is 9.77. The van der Waals surface area contributed by atoms with Gasteiger partial charge in [-0.25, -0.2) is 4.79 Å². The molecule has 1 aromatic heterocycles. The molecule has 2 N–H and O–H groups in total. The molecule has 0 saturated heterocycles. The standard InChI is InChI=1S/C15H17BN2O5S2/c1-2-3-6-22-10-5-4-9-7-11(25-15-18-17-8-24-15)16(21)23-13(9)12(10)14(19)20/h4-5,8,11,21H,2-3,6-7H2,1H3,(H,19,20)/t11-/m0/s1. The number of benzene rings is 1. The van der Waals surface area contributed by atoms with Crippen LogP contribution in [0, 0.1) is 0 Å². The fourth-order valence-corrected chi connectivity index (χ4v) is 4.30. The molecule has 0 unspecified atom stereocenters. The van der Waals surface area contributed by atoms with Crippen molar-refractivity contribution in [2.45, 2.75) is 35.7 Å². The Hall–Kier alpha value is -1.78. The first kappa shape index (κ1) is 18.0. The third-order valence-corrected chi connectivity index (χ3v) is 5.79. The van der Waals surface area contributed by atoms with Crippen LogP contribution in [0.3, 0.4) is 0 Å². The van der Waals surface area contributed by atoms with Gasteiger partial charge >= 0.3 is 13.1 Å². The van der Waals surface area contributed by atoms with Crippen molar-refractivity contribution in [2.75, 3.05) is 6.61 Å². The molecule has 2 heterocycles. The lowest BCUT2D eigenvalue weighted by Crippen LogP contribution is -2.40. The van der Waals surface area contributed by atoms with E-state index in [4.69, 9.17) is 9.39 Å². The van der Waals surface area contributed by atoms with Crippen molar-refractivity contribution in [3.05, 3.63) is 28.8 Å². The van der Waals surface area contributed by atoms with E-state index >= 15 is 0 Å². The van der Waals surface area contributed by atoms with E-state index in [-0.39, 0.29) is 22.2 Å². The van der Waals surface area contributed by atoms with Gasteiger partial charge in [-0.3, -0.25) is 0 Å². The van der Waals surface area contributed by atoms with E-state index in [9.17, 15) is 14.9 Å². The van der Waals surface area contributed by atoms with Crippen LogP contribution in [0.5, 0.6) is 11.5 Å². The van der Waals surface area contributed by atoms with E-state index in [1.165, 1.54) is 23.1 Å². The average Bonchev–Trinajstić information content (AvgIpc) is 3.08. The van der Waals surface area contributed by atoms with Crippen molar-refractivity contribution in [1.29, 1.82) is 0 Å². The highest BCUT2D eigenvalue weighted by Crippen LogP contribution is 2.40. The lowest BCUT2D eigenvalue weighted by Gasteiger charge is -2.28. The molecule has 0 aliphatic carbocycles. The van der Waals surface area contributed by atoms with E-state index in [0.717, 1.165) is 22.7 Å². The molecule has 0 spiro atoms. The Morgan fingerprint density at radius 2 is 2.40 bits per heavy atom. The maximum Gasteiger partial charge on any atom is 0.537 e. The summed E-state index contributed by atoms with van der Waals surface area (Å²) < 4.78 is 11.9. The summed E-state index contributed by atoms with van der Waals surface area (Å²) in [6.07, 6.45) is 2.25. The molecule has 0 radical (unpaired) electrons. The van der Waals surface area contributed by atoms with Gasteiger partial charge in [0.25, 0.3) is 0 Å². The van der Waals surface area contributed by atoms with Crippen LogP contribution in [-0.4, -0.2) is 45.2 Å². The second kappa shape index (κ2) is 8.07. The predicted octanol–water partition coefficient (Wildman–Crippen LogP) is 2.53. The topological polar surface area (TPSA) is 102 Å². The largest absolute Gasteiger partial charge is 0.537 e. The van der Waals surface area contributed by atoms with Gasteiger partial charge in [0.1, 0.15) is 22.6 Å². The molecular formula is C15H17BN2O5S2. The second-order valence-electron chi connectivity index (χ2n) is 5.51. The number of hydrogen-bond donors (Lipinski definition) is 2. The zero-order valence-corrected chi connectivity index (χ0v) is 15.2. The van der Waals surface area contributed by atoms with Crippen LogP contribution in [0.25, 0.3) is 0 Å². The Balaban J connectivity index is 1.85. The molecule has 1 atom stereocenters. The zero-order valence-electron chi connectivity index (χ0n) is 13.5. The minimum atomic E-state index is -1.13. The molecule has 132 valence electrons. The number of aromatic nitrogens is 2. The Kier molecular flexibility index (Phi) is 5.82. The van der Waals surface area contributed by atoms with E-state index in [1.807, 2.05) is 6.92 Å². The highest BCUT2D eigenvalue weighted by Gasteiger charge is 2.39. The Bertz CT molecular complexity index is 744.